The Hall–Kier alpha value is -3.26. The Bertz CT molecular complexity index is 998. The molecule has 2 aromatic rings. The third-order valence-electron chi connectivity index (χ3n) is 5.45. The summed E-state index contributed by atoms with van der Waals surface area (Å²) in [4.78, 5) is 9.26. The van der Waals surface area contributed by atoms with Crippen LogP contribution >= 0.6 is 0 Å². The lowest BCUT2D eigenvalue weighted by Crippen LogP contribution is -2.10. The van der Waals surface area contributed by atoms with Crippen LogP contribution in [0.1, 0.15) is 66.5 Å². The predicted molar refractivity (Wildman–Crippen MR) is 152 cm³/mol. The third kappa shape index (κ3) is 8.59. The van der Waals surface area contributed by atoms with E-state index in [9.17, 15) is 0 Å². The first-order chi connectivity index (χ1) is 16.0. The molecule has 0 amide bonds. The first kappa shape index (κ1) is 27.0. The van der Waals surface area contributed by atoms with E-state index in [-0.39, 0.29) is 10.8 Å². The van der Waals surface area contributed by atoms with Crippen LogP contribution in [0.15, 0.2) is 106 Å². The Morgan fingerprint density at radius 2 is 0.882 bits per heavy atom. The van der Waals surface area contributed by atoms with Gasteiger partial charge in [0.1, 0.15) is 0 Å². The molecule has 0 aliphatic heterocycles. The van der Waals surface area contributed by atoms with Crippen LogP contribution in [0.25, 0.3) is 0 Å². The number of hydrogen-bond acceptors (Lipinski definition) is 2. The standard InChI is InChI=1S/C32H40N2/c1-9-11-25(21-23-33-29-17-13-27(14-18-29)31(3,4)5)26(12-10-2)22-24-34-30-19-15-28(16-20-30)32(6,7)8/h9-24H,1-8H3/b11-9-,12-10-,25-21-,26-22+,33-23+,34-24+. The van der Waals surface area contributed by atoms with Crippen molar-refractivity contribution < 1.29 is 0 Å². The SMILES string of the molecule is C\C=C/C(=C/C=N/c1ccc(C(C)(C)C)cc1)C(/C=C\C)=C/C=N/c1ccc(C(C)(C)C)cc1. The first-order valence-electron chi connectivity index (χ1n) is 12.0. The minimum absolute atomic E-state index is 0.142. The van der Waals surface area contributed by atoms with Crippen LogP contribution in [-0.2, 0) is 10.8 Å². The van der Waals surface area contributed by atoms with Crippen LogP contribution < -0.4 is 0 Å². The molecule has 0 spiro atoms. The molecule has 34 heavy (non-hydrogen) atoms. The normalized spacial score (nSPS) is 14.4. The minimum Gasteiger partial charge on any atom is -0.257 e. The Kier molecular flexibility index (Phi) is 9.74. The number of hydrogen-bond donors (Lipinski definition) is 0. The van der Waals surface area contributed by atoms with Crippen molar-refractivity contribution in [3.63, 3.8) is 0 Å². The molecule has 0 aliphatic carbocycles. The van der Waals surface area contributed by atoms with E-state index >= 15 is 0 Å². The summed E-state index contributed by atoms with van der Waals surface area (Å²) in [5, 5.41) is 0. The molecule has 2 nitrogen and oxygen atoms in total. The summed E-state index contributed by atoms with van der Waals surface area (Å²) in [5.41, 5.74) is 6.94. The molecule has 0 aliphatic rings. The zero-order valence-electron chi connectivity index (χ0n) is 22.1. The molecule has 2 rings (SSSR count). The lowest BCUT2D eigenvalue weighted by molar-refractivity contribution is 0.590. The minimum atomic E-state index is 0.142. The fourth-order valence-electron chi connectivity index (χ4n) is 3.36. The highest BCUT2D eigenvalue weighted by atomic mass is 14.7. The van der Waals surface area contributed by atoms with E-state index in [0.717, 1.165) is 22.5 Å². The summed E-state index contributed by atoms with van der Waals surface area (Å²) >= 11 is 0. The lowest BCUT2D eigenvalue weighted by atomic mass is 9.87. The number of nitrogens with zero attached hydrogens (tertiary/aromatic N) is 2. The van der Waals surface area contributed by atoms with Crippen molar-refractivity contribution >= 4 is 23.8 Å². The van der Waals surface area contributed by atoms with Crippen LogP contribution in [0.4, 0.5) is 11.4 Å². The Labute approximate surface area is 207 Å². The number of rotatable bonds is 7. The summed E-state index contributed by atoms with van der Waals surface area (Å²) in [6.07, 6.45) is 16.1. The van der Waals surface area contributed by atoms with Crippen LogP contribution in [0.2, 0.25) is 0 Å². The molecule has 0 fully saturated rings. The van der Waals surface area contributed by atoms with Crippen LogP contribution in [0, 0.1) is 0 Å². The second-order valence-electron chi connectivity index (χ2n) is 10.4. The van der Waals surface area contributed by atoms with Gasteiger partial charge in [-0.3, -0.25) is 9.98 Å². The van der Waals surface area contributed by atoms with Crippen molar-refractivity contribution in [2.75, 3.05) is 0 Å². The van der Waals surface area contributed by atoms with Gasteiger partial charge in [-0.25, -0.2) is 0 Å². The van der Waals surface area contributed by atoms with E-state index in [1.165, 1.54) is 11.1 Å². The van der Waals surface area contributed by atoms with Gasteiger partial charge in [-0.2, -0.15) is 0 Å². The van der Waals surface area contributed by atoms with E-state index in [1.54, 1.807) is 0 Å². The average molecular weight is 453 g/mol. The molecular formula is C32H40N2. The van der Waals surface area contributed by atoms with Crippen molar-refractivity contribution in [2.24, 2.45) is 9.98 Å². The molecule has 2 heteroatoms. The largest absolute Gasteiger partial charge is 0.257 e. The summed E-state index contributed by atoms with van der Waals surface area (Å²) in [6, 6.07) is 16.9. The van der Waals surface area contributed by atoms with Crippen LogP contribution in [0.5, 0.6) is 0 Å². The maximum atomic E-state index is 4.63. The second-order valence-corrected chi connectivity index (χ2v) is 10.4. The smallest absolute Gasteiger partial charge is 0.0629 e. The molecule has 0 saturated carbocycles. The Balaban J connectivity index is 2.23. The van der Waals surface area contributed by atoms with E-state index in [4.69, 9.17) is 0 Å². The maximum absolute atomic E-state index is 4.63. The number of allylic oxidation sites excluding steroid dienone is 8. The fraction of sp³-hybridized carbons (Fsp3) is 0.312. The maximum Gasteiger partial charge on any atom is 0.0629 e. The van der Waals surface area contributed by atoms with Crippen molar-refractivity contribution in [3.8, 4) is 0 Å². The quantitative estimate of drug-likeness (QED) is 0.295. The van der Waals surface area contributed by atoms with Gasteiger partial charge in [0.2, 0.25) is 0 Å². The predicted octanol–water partition coefficient (Wildman–Crippen LogP) is 9.39. The third-order valence-corrected chi connectivity index (χ3v) is 5.45. The molecule has 0 bridgehead atoms. The van der Waals surface area contributed by atoms with E-state index in [2.05, 4.69) is 112 Å². The van der Waals surface area contributed by atoms with Gasteiger partial charge >= 0.3 is 0 Å². The lowest BCUT2D eigenvalue weighted by Gasteiger charge is -2.18. The Morgan fingerprint density at radius 1 is 0.559 bits per heavy atom. The van der Waals surface area contributed by atoms with Crippen molar-refractivity contribution in [3.05, 3.63) is 107 Å². The summed E-state index contributed by atoms with van der Waals surface area (Å²) in [5.74, 6) is 0. The van der Waals surface area contributed by atoms with Gasteiger partial charge in [-0.15, -0.1) is 0 Å². The number of benzene rings is 2. The molecule has 0 saturated heterocycles. The van der Waals surface area contributed by atoms with E-state index < -0.39 is 0 Å². The molecule has 0 aromatic heterocycles. The monoisotopic (exact) mass is 452 g/mol. The summed E-state index contributed by atoms with van der Waals surface area (Å²) < 4.78 is 0. The van der Waals surface area contributed by atoms with Crippen molar-refractivity contribution in [1.29, 1.82) is 0 Å². The van der Waals surface area contributed by atoms with Gasteiger partial charge in [-0.1, -0.05) is 90.1 Å². The first-order valence-corrected chi connectivity index (χ1v) is 12.0. The van der Waals surface area contributed by atoms with Crippen LogP contribution in [-0.4, -0.2) is 12.4 Å². The topological polar surface area (TPSA) is 24.7 Å². The highest BCUT2D eigenvalue weighted by Gasteiger charge is 2.13. The van der Waals surface area contributed by atoms with Crippen molar-refractivity contribution in [1.82, 2.24) is 0 Å². The fourth-order valence-corrected chi connectivity index (χ4v) is 3.36. The zero-order valence-corrected chi connectivity index (χ0v) is 22.1. The highest BCUT2D eigenvalue weighted by molar-refractivity contribution is 5.82. The summed E-state index contributed by atoms with van der Waals surface area (Å²) in [6.45, 7) is 17.4. The highest BCUT2D eigenvalue weighted by Crippen LogP contribution is 2.25. The number of aliphatic imine (C=N–C) groups is 2. The molecule has 0 radical (unpaired) electrons. The molecular weight excluding hydrogens is 412 g/mol. The van der Waals surface area contributed by atoms with Crippen molar-refractivity contribution in [2.45, 2.75) is 66.2 Å². The van der Waals surface area contributed by atoms with Gasteiger partial charge < -0.3 is 0 Å². The molecule has 0 heterocycles. The van der Waals surface area contributed by atoms with Crippen LogP contribution in [0.3, 0.4) is 0 Å². The second kappa shape index (κ2) is 12.3. The van der Waals surface area contributed by atoms with E-state index in [0.29, 0.717) is 0 Å². The van der Waals surface area contributed by atoms with Gasteiger partial charge in [0.05, 0.1) is 11.4 Å². The Morgan fingerprint density at radius 3 is 1.15 bits per heavy atom. The van der Waals surface area contributed by atoms with E-state index in [1.807, 2.05) is 50.6 Å². The average Bonchev–Trinajstić information content (AvgIpc) is 2.77. The molecule has 0 N–H and O–H groups in total. The molecule has 2 aromatic carbocycles. The molecule has 0 unspecified atom stereocenters. The zero-order chi connectivity index (χ0) is 25.2. The van der Waals surface area contributed by atoms with Gasteiger partial charge in [0.25, 0.3) is 0 Å². The molecule has 178 valence electrons. The van der Waals surface area contributed by atoms with Gasteiger partial charge in [-0.05, 0) is 83.4 Å². The van der Waals surface area contributed by atoms with Gasteiger partial charge in [0, 0.05) is 12.4 Å². The molecule has 0 atom stereocenters. The summed E-state index contributed by atoms with van der Waals surface area (Å²) in [7, 11) is 0. The van der Waals surface area contributed by atoms with Gasteiger partial charge in [0.15, 0.2) is 0 Å².